The summed E-state index contributed by atoms with van der Waals surface area (Å²) in [6, 6.07) is 12.7. The van der Waals surface area contributed by atoms with Gasteiger partial charge in [0, 0.05) is 0 Å². The van der Waals surface area contributed by atoms with Crippen molar-refractivity contribution in [1.29, 1.82) is 0 Å². The molecule has 2 nitrogen and oxygen atoms in total. The molecular formula is C15H18O2Sn. The van der Waals surface area contributed by atoms with Gasteiger partial charge in [0.15, 0.2) is 0 Å². The number of hydrogen-bond donors (Lipinski definition) is 1. The Morgan fingerprint density at radius 1 is 1.17 bits per heavy atom. The van der Waals surface area contributed by atoms with Crippen molar-refractivity contribution in [2.45, 2.75) is 18.3 Å². The molecule has 0 aliphatic carbocycles. The van der Waals surface area contributed by atoms with E-state index in [4.69, 9.17) is 5.11 Å². The number of aromatic carboxylic acids is 1. The van der Waals surface area contributed by atoms with Crippen LogP contribution in [0.15, 0.2) is 42.5 Å². The van der Waals surface area contributed by atoms with E-state index in [0.717, 1.165) is 16.7 Å². The Balaban J connectivity index is 0.000000280. The van der Waals surface area contributed by atoms with Crippen LogP contribution >= 0.6 is 0 Å². The van der Waals surface area contributed by atoms with E-state index in [1.165, 1.54) is 27.0 Å². The van der Waals surface area contributed by atoms with E-state index in [1.807, 2.05) is 30.3 Å². The minimum atomic E-state index is -0.878. The molecule has 0 saturated carbocycles. The van der Waals surface area contributed by atoms with Crippen LogP contribution in [0.5, 0.6) is 0 Å². The maximum absolute atomic E-state index is 10.8. The first-order valence-electron chi connectivity index (χ1n) is 5.97. The van der Waals surface area contributed by atoms with E-state index in [-0.39, 0.29) is 0 Å². The summed E-state index contributed by atoms with van der Waals surface area (Å²) >= 11 is 1.43. The molecule has 94 valence electrons. The Bertz CT molecular complexity index is 515. The molecule has 1 N–H and O–H groups in total. The monoisotopic (exact) mass is 350 g/mol. The maximum Gasteiger partial charge on any atom is 0.336 e. The Morgan fingerprint density at radius 2 is 1.72 bits per heavy atom. The number of carbonyl (C=O) groups is 1. The van der Waals surface area contributed by atoms with Crippen LogP contribution in [0, 0.1) is 5.92 Å². The molecule has 0 aliphatic rings. The second-order valence-corrected chi connectivity index (χ2v) is 5.81. The molecule has 2 radical (unpaired) electrons. The predicted molar refractivity (Wildman–Crippen MR) is 77.7 cm³/mol. The van der Waals surface area contributed by atoms with E-state index in [1.54, 1.807) is 12.1 Å². The fourth-order valence-electron chi connectivity index (χ4n) is 1.41. The summed E-state index contributed by atoms with van der Waals surface area (Å²) in [6.45, 7) is 4.51. The SMILES string of the molecule is CC(C)[CH2][SnH].O=C(O)c1cccc2ccccc12. The second-order valence-electron chi connectivity index (χ2n) is 4.46. The number of benzene rings is 2. The van der Waals surface area contributed by atoms with Crippen molar-refractivity contribution in [3.05, 3.63) is 48.0 Å². The molecule has 0 aliphatic heterocycles. The van der Waals surface area contributed by atoms with Crippen LogP contribution in [-0.4, -0.2) is 33.6 Å². The molecule has 0 amide bonds. The number of hydrogen-bond acceptors (Lipinski definition) is 1. The summed E-state index contributed by atoms with van der Waals surface area (Å²) in [4.78, 5) is 10.8. The quantitative estimate of drug-likeness (QED) is 0.843. The van der Waals surface area contributed by atoms with Gasteiger partial charge in [-0.25, -0.2) is 4.79 Å². The van der Waals surface area contributed by atoms with Crippen LogP contribution in [0.3, 0.4) is 0 Å². The van der Waals surface area contributed by atoms with Crippen LogP contribution in [0.4, 0.5) is 0 Å². The molecule has 2 aromatic carbocycles. The third-order valence-corrected chi connectivity index (χ3v) is 5.18. The number of carboxylic acid groups (broad SMARTS) is 1. The maximum atomic E-state index is 10.8. The van der Waals surface area contributed by atoms with Gasteiger partial charge in [-0.15, -0.1) is 0 Å². The first kappa shape index (κ1) is 15.0. The molecule has 2 rings (SSSR count). The van der Waals surface area contributed by atoms with Crippen molar-refractivity contribution in [1.82, 2.24) is 0 Å². The fraction of sp³-hybridized carbons (Fsp3) is 0.267. The van der Waals surface area contributed by atoms with Crippen molar-refractivity contribution in [3.63, 3.8) is 0 Å². The summed E-state index contributed by atoms with van der Waals surface area (Å²) < 4.78 is 1.44. The van der Waals surface area contributed by atoms with Crippen molar-refractivity contribution < 1.29 is 9.90 Å². The third kappa shape index (κ3) is 4.33. The van der Waals surface area contributed by atoms with Gasteiger partial charge in [0.1, 0.15) is 0 Å². The largest absolute Gasteiger partial charge is 0.478 e. The van der Waals surface area contributed by atoms with Gasteiger partial charge in [-0.2, -0.15) is 0 Å². The van der Waals surface area contributed by atoms with Crippen LogP contribution in [-0.2, 0) is 0 Å². The van der Waals surface area contributed by atoms with Crippen molar-refractivity contribution in [3.8, 4) is 0 Å². The predicted octanol–water partition coefficient (Wildman–Crippen LogP) is 3.50. The average Bonchev–Trinajstić information content (AvgIpc) is 2.38. The molecule has 0 saturated heterocycles. The Labute approximate surface area is 121 Å². The summed E-state index contributed by atoms with van der Waals surface area (Å²) in [5.74, 6) is 0.0641. The molecule has 0 heterocycles. The van der Waals surface area contributed by atoms with Crippen LogP contribution in [0.1, 0.15) is 24.2 Å². The van der Waals surface area contributed by atoms with E-state index < -0.39 is 5.97 Å². The summed E-state index contributed by atoms with van der Waals surface area (Å²) in [7, 11) is 0. The molecular weight excluding hydrogens is 331 g/mol. The van der Waals surface area contributed by atoms with E-state index in [2.05, 4.69) is 13.8 Å². The molecule has 2 aromatic rings. The fourth-order valence-corrected chi connectivity index (χ4v) is 1.41. The van der Waals surface area contributed by atoms with Gasteiger partial charge >= 0.3 is 52.7 Å². The molecule has 0 fully saturated rings. The van der Waals surface area contributed by atoms with Crippen LogP contribution in [0.25, 0.3) is 10.8 Å². The van der Waals surface area contributed by atoms with Gasteiger partial charge in [-0.05, 0) is 16.8 Å². The van der Waals surface area contributed by atoms with Crippen molar-refractivity contribution in [2.24, 2.45) is 5.92 Å². The van der Waals surface area contributed by atoms with Crippen LogP contribution in [0.2, 0.25) is 4.44 Å². The van der Waals surface area contributed by atoms with Gasteiger partial charge in [0.25, 0.3) is 0 Å². The van der Waals surface area contributed by atoms with Crippen LogP contribution < -0.4 is 0 Å². The number of fused-ring (bicyclic) bond motifs is 1. The zero-order chi connectivity index (χ0) is 13.5. The zero-order valence-corrected chi connectivity index (χ0v) is 14.1. The first-order valence-corrected chi connectivity index (χ1v) is 8.30. The average molecular weight is 349 g/mol. The molecule has 0 aromatic heterocycles. The summed E-state index contributed by atoms with van der Waals surface area (Å²) in [5, 5.41) is 10.6. The van der Waals surface area contributed by atoms with Gasteiger partial charge in [-0.3, -0.25) is 0 Å². The Hall–Kier alpha value is -1.03. The minimum Gasteiger partial charge on any atom is -0.478 e. The standard InChI is InChI=1S/C11H8O2.C4H9.Sn.H/c12-11(13)10-7-3-5-8-4-1-2-6-9(8)10;1-4(2)3;;/h1-7H,(H,12,13);4H,1H2,2-3H3;;. The van der Waals surface area contributed by atoms with Crippen molar-refractivity contribution in [2.75, 3.05) is 0 Å². The third-order valence-electron chi connectivity index (χ3n) is 2.49. The van der Waals surface area contributed by atoms with Gasteiger partial charge in [-0.1, -0.05) is 36.4 Å². The molecule has 18 heavy (non-hydrogen) atoms. The van der Waals surface area contributed by atoms with Gasteiger partial charge in [0.05, 0.1) is 5.56 Å². The van der Waals surface area contributed by atoms with Gasteiger partial charge < -0.3 is 5.11 Å². The van der Waals surface area contributed by atoms with E-state index in [0.29, 0.717) is 5.56 Å². The normalized spacial score (nSPS) is 10.0. The van der Waals surface area contributed by atoms with E-state index >= 15 is 0 Å². The van der Waals surface area contributed by atoms with E-state index in [9.17, 15) is 4.79 Å². The summed E-state index contributed by atoms with van der Waals surface area (Å²) in [5.41, 5.74) is 0.359. The topological polar surface area (TPSA) is 37.3 Å². The minimum absolute atomic E-state index is 0.359. The second kappa shape index (κ2) is 7.41. The van der Waals surface area contributed by atoms with Crippen molar-refractivity contribution >= 4 is 39.3 Å². The Kier molecular flexibility index (Phi) is 6.19. The van der Waals surface area contributed by atoms with Gasteiger partial charge in [0.2, 0.25) is 0 Å². The molecule has 3 heteroatoms. The summed E-state index contributed by atoms with van der Waals surface area (Å²) in [6.07, 6.45) is 0. The zero-order valence-electron chi connectivity index (χ0n) is 10.8. The molecule has 0 unspecified atom stereocenters. The molecule has 0 atom stereocenters. The molecule has 0 bridgehead atoms. The smallest absolute Gasteiger partial charge is 0.336 e. The Morgan fingerprint density at radius 3 is 2.28 bits per heavy atom. The molecule has 0 spiro atoms. The number of rotatable bonds is 2. The number of carboxylic acids is 1. The first-order chi connectivity index (χ1) is 8.56.